The zero-order valence-electron chi connectivity index (χ0n) is 40.4. The Bertz CT molecular complexity index is 948. The first-order chi connectivity index (χ1) is 29.4. The lowest BCUT2D eigenvalue weighted by Gasteiger charge is -2.42. The summed E-state index contributed by atoms with van der Waals surface area (Å²) < 4.78 is 0. The van der Waals surface area contributed by atoms with Crippen molar-refractivity contribution in [3.05, 3.63) is 24.3 Å². The molecule has 8 heteroatoms. The van der Waals surface area contributed by atoms with Crippen LogP contribution in [-0.4, -0.2) is 73.2 Å². The van der Waals surface area contributed by atoms with E-state index in [-0.39, 0.29) is 24.1 Å². The molecule has 0 aliphatic carbocycles. The number of unbranched alkanes of at least 4 members (excludes halogenated alkanes) is 18. The van der Waals surface area contributed by atoms with Gasteiger partial charge in [-0.1, -0.05) is 142 Å². The maximum Gasteiger partial charge on any atom is 0.221 e. The summed E-state index contributed by atoms with van der Waals surface area (Å²) >= 11 is 0. The number of rotatable bonds is 42. The van der Waals surface area contributed by atoms with E-state index in [2.05, 4.69) is 72.4 Å². The van der Waals surface area contributed by atoms with Crippen LogP contribution >= 0.6 is 0 Å². The largest absolute Gasteiger partial charge is 0.341 e. The molecule has 0 aromatic carbocycles. The molecule has 0 aromatic heterocycles. The molecule has 2 amide bonds. The van der Waals surface area contributed by atoms with Crippen molar-refractivity contribution >= 4 is 11.8 Å². The molecule has 0 bridgehead atoms. The summed E-state index contributed by atoms with van der Waals surface area (Å²) in [6, 6.07) is 0. The summed E-state index contributed by atoms with van der Waals surface area (Å²) in [5, 5.41) is 6.82. The molecule has 6 N–H and O–H groups in total. The quantitative estimate of drug-likeness (QED) is 0.0359. The zero-order chi connectivity index (χ0) is 43.7. The van der Waals surface area contributed by atoms with E-state index in [0.29, 0.717) is 37.8 Å². The molecule has 1 fully saturated rings. The van der Waals surface area contributed by atoms with Crippen molar-refractivity contribution in [2.24, 2.45) is 23.3 Å². The van der Waals surface area contributed by atoms with Gasteiger partial charge in [0.2, 0.25) is 11.8 Å². The van der Waals surface area contributed by atoms with Crippen molar-refractivity contribution in [1.82, 2.24) is 20.4 Å². The number of allylic oxidation sites excluding steroid dienone is 4. The van der Waals surface area contributed by atoms with Gasteiger partial charge in [0.15, 0.2) is 0 Å². The summed E-state index contributed by atoms with van der Waals surface area (Å²) in [6.07, 6.45) is 47.4. The Labute approximate surface area is 373 Å². The molecule has 1 aliphatic heterocycles. The van der Waals surface area contributed by atoms with E-state index in [9.17, 15) is 9.59 Å². The van der Waals surface area contributed by atoms with Gasteiger partial charge in [0, 0.05) is 39.0 Å². The Kier molecular flexibility index (Phi) is 38.7. The summed E-state index contributed by atoms with van der Waals surface area (Å²) in [4.78, 5) is 31.7. The molecule has 1 rings (SSSR count). The van der Waals surface area contributed by atoms with Gasteiger partial charge >= 0.3 is 0 Å². The predicted molar refractivity (Wildman–Crippen MR) is 261 cm³/mol. The lowest BCUT2D eigenvalue weighted by Crippen LogP contribution is -2.59. The van der Waals surface area contributed by atoms with E-state index < -0.39 is 0 Å². The van der Waals surface area contributed by atoms with E-state index in [1.165, 1.54) is 141 Å². The second kappa shape index (κ2) is 41.3. The Hall–Kier alpha value is -1.74. The molecular formula is C52H102N6O2. The standard InChI is InChI=1S/C52H102N6O2/c1-5-9-11-13-15-17-19-21-23-25-27-29-31-35-47(37-33-39-53)45-51(59)55-49(7-3)57-41-43-58(44-42-57)50(8-4)56-52(60)46-48(38-34-40-54)36-32-30-28-26-24-22-20-18-16-14-12-10-6-2/h21-24,47-50H,5-20,25-46,53-54H2,1-4H3,(H,55,59)(H,56,60). The number of carbonyl (C=O) groups is 2. The van der Waals surface area contributed by atoms with Crippen molar-refractivity contribution in [3.63, 3.8) is 0 Å². The fourth-order valence-corrected chi connectivity index (χ4v) is 9.09. The summed E-state index contributed by atoms with van der Waals surface area (Å²) in [5.41, 5.74) is 11.8. The molecule has 0 saturated carbocycles. The van der Waals surface area contributed by atoms with Crippen molar-refractivity contribution in [2.75, 3.05) is 39.3 Å². The van der Waals surface area contributed by atoms with Crippen LogP contribution in [0, 0.1) is 11.8 Å². The van der Waals surface area contributed by atoms with Crippen molar-refractivity contribution in [2.45, 2.75) is 245 Å². The van der Waals surface area contributed by atoms with Crippen LogP contribution < -0.4 is 22.1 Å². The average Bonchev–Trinajstić information content (AvgIpc) is 3.26. The van der Waals surface area contributed by atoms with Gasteiger partial charge in [-0.15, -0.1) is 0 Å². The van der Waals surface area contributed by atoms with Gasteiger partial charge in [-0.3, -0.25) is 19.4 Å². The SMILES string of the molecule is CCCCCCCCC=CCCCCCC(CCCN)CC(=O)NC(CC)N1CCN(C(CC)NC(=O)CC(CCCN)CCCCCC=CCCCCCCCC)CC1. The molecule has 352 valence electrons. The molecular weight excluding hydrogens is 741 g/mol. The van der Waals surface area contributed by atoms with Crippen LogP contribution in [-0.2, 0) is 9.59 Å². The molecule has 8 nitrogen and oxygen atoms in total. The fraction of sp³-hybridized carbons (Fsp3) is 0.885. The van der Waals surface area contributed by atoms with E-state index in [4.69, 9.17) is 11.5 Å². The molecule has 1 aliphatic rings. The minimum Gasteiger partial charge on any atom is -0.341 e. The average molecular weight is 843 g/mol. The number of piperazine rings is 1. The highest BCUT2D eigenvalue weighted by atomic mass is 16.2. The van der Waals surface area contributed by atoms with Crippen molar-refractivity contribution in [3.8, 4) is 0 Å². The van der Waals surface area contributed by atoms with E-state index in [1.54, 1.807) is 0 Å². The maximum atomic E-state index is 13.4. The number of nitrogens with two attached hydrogens (primary N) is 2. The molecule has 0 aromatic rings. The lowest BCUT2D eigenvalue weighted by atomic mass is 9.92. The number of hydrogen-bond acceptors (Lipinski definition) is 6. The van der Waals surface area contributed by atoms with Crippen LogP contribution in [0.3, 0.4) is 0 Å². The molecule has 4 unspecified atom stereocenters. The first kappa shape index (κ1) is 56.3. The maximum absolute atomic E-state index is 13.4. The zero-order valence-corrected chi connectivity index (χ0v) is 40.4. The highest BCUT2D eigenvalue weighted by Crippen LogP contribution is 2.22. The summed E-state index contributed by atoms with van der Waals surface area (Å²) in [5.74, 6) is 1.17. The van der Waals surface area contributed by atoms with Gasteiger partial charge in [-0.2, -0.15) is 0 Å². The van der Waals surface area contributed by atoms with Crippen LogP contribution in [0.25, 0.3) is 0 Å². The van der Waals surface area contributed by atoms with Crippen molar-refractivity contribution < 1.29 is 9.59 Å². The first-order valence-electron chi connectivity index (χ1n) is 26.2. The van der Waals surface area contributed by atoms with Gasteiger partial charge in [0.25, 0.3) is 0 Å². The van der Waals surface area contributed by atoms with Crippen LogP contribution in [0.1, 0.15) is 233 Å². The molecule has 0 radical (unpaired) electrons. The van der Waals surface area contributed by atoms with Crippen LogP contribution in [0.4, 0.5) is 0 Å². The first-order valence-corrected chi connectivity index (χ1v) is 26.2. The number of hydrogen-bond donors (Lipinski definition) is 4. The summed E-state index contributed by atoms with van der Waals surface area (Å²) in [7, 11) is 0. The number of carbonyl (C=O) groups excluding carboxylic acids is 2. The number of nitrogens with zero attached hydrogens (tertiary/aromatic N) is 2. The molecule has 60 heavy (non-hydrogen) atoms. The second-order valence-electron chi connectivity index (χ2n) is 18.4. The minimum atomic E-state index is 0.0528. The number of nitrogens with one attached hydrogen (secondary N) is 2. The van der Waals surface area contributed by atoms with E-state index in [1.807, 2.05) is 0 Å². The van der Waals surface area contributed by atoms with Crippen LogP contribution in [0.2, 0.25) is 0 Å². The van der Waals surface area contributed by atoms with Gasteiger partial charge < -0.3 is 22.1 Å². The van der Waals surface area contributed by atoms with Crippen LogP contribution in [0.15, 0.2) is 24.3 Å². The predicted octanol–water partition coefficient (Wildman–Crippen LogP) is 12.3. The summed E-state index contributed by atoms with van der Waals surface area (Å²) in [6.45, 7) is 13.9. The van der Waals surface area contributed by atoms with E-state index >= 15 is 0 Å². The van der Waals surface area contributed by atoms with Crippen molar-refractivity contribution in [1.29, 1.82) is 0 Å². The molecule has 1 saturated heterocycles. The number of amides is 2. The van der Waals surface area contributed by atoms with Gasteiger partial charge in [0.1, 0.15) is 0 Å². The highest BCUT2D eigenvalue weighted by Gasteiger charge is 2.28. The second-order valence-corrected chi connectivity index (χ2v) is 18.4. The topological polar surface area (TPSA) is 117 Å². The minimum absolute atomic E-state index is 0.0528. The lowest BCUT2D eigenvalue weighted by molar-refractivity contribution is -0.126. The Morgan fingerprint density at radius 1 is 0.450 bits per heavy atom. The third-order valence-electron chi connectivity index (χ3n) is 13.0. The van der Waals surface area contributed by atoms with Gasteiger partial charge in [0.05, 0.1) is 12.3 Å². The third-order valence-corrected chi connectivity index (χ3v) is 13.0. The van der Waals surface area contributed by atoms with Gasteiger partial charge in [-0.05, 0) is 128 Å². The van der Waals surface area contributed by atoms with E-state index in [0.717, 1.165) is 77.5 Å². The Morgan fingerprint density at radius 3 is 1.07 bits per heavy atom. The fourth-order valence-electron chi connectivity index (χ4n) is 9.09. The Balaban J connectivity index is 2.42. The third kappa shape index (κ3) is 31.2. The molecule has 4 atom stereocenters. The Morgan fingerprint density at radius 2 is 0.750 bits per heavy atom. The highest BCUT2D eigenvalue weighted by molar-refractivity contribution is 5.76. The molecule has 0 spiro atoms. The monoisotopic (exact) mass is 843 g/mol. The normalized spacial score (nSPS) is 16.1. The molecule has 1 heterocycles. The van der Waals surface area contributed by atoms with Gasteiger partial charge in [-0.25, -0.2) is 0 Å². The van der Waals surface area contributed by atoms with Crippen LogP contribution in [0.5, 0.6) is 0 Å². The smallest absolute Gasteiger partial charge is 0.221 e.